The molecule has 39 heavy (non-hydrogen) atoms. The fourth-order valence-corrected chi connectivity index (χ4v) is 6.97. The van der Waals surface area contributed by atoms with Crippen molar-refractivity contribution in [1.29, 1.82) is 0 Å². The Labute approximate surface area is 221 Å². The normalized spacial score (nSPS) is 25.2. The Balaban J connectivity index is 1.12. The SMILES string of the molecule is CS(=O)(=O)c1cc(C(=O)N2C[C@@H]3[C@H]4CN(C(=O)c5ccc6c(c5)NNN6)C[C@H]4[C@@H]3C2)cnc1OCC(F)(F)F. The Kier molecular flexibility index (Phi) is 5.91. The molecule has 3 aliphatic heterocycles. The monoisotopic (exact) mass is 566 g/mol. The third-order valence-electron chi connectivity index (χ3n) is 8.00. The number of rotatable bonds is 5. The quantitative estimate of drug-likeness (QED) is 0.495. The topological polar surface area (TPSA) is 133 Å². The van der Waals surface area contributed by atoms with E-state index in [2.05, 4.69) is 26.1 Å². The molecule has 4 aliphatic rings. The van der Waals surface area contributed by atoms with Gasteiger partial charge in [-0.15, -0.1) is 5.53 Å². The van der Waals surface area contributed by atoms with Crippen LogP contribution in [-0.2, 0) is 9.84 Å². The summed E-state index contributed by atoms with van der Waals surface area (Å²) in [7, 11) is -4.02. The molecule has 0 spiro atoms. The molecule has 1 saturated carbocycles. The third-order valence-corrected chi connectivity index (χ3v) is 9.09. The number of benzene rings is 1. The van der Waals surface area contributed by atoms with Gasteiger partial charge in [0.2, 0.25) is 5.88 Å². The first kappa shape index (κ1) is 25.7. The number of fused-ring (bicyclic) bond motifs is 5. The van der Waals surface area contributed by atoms with Gasteiger partial charge in [0.1, 0.15) is 4.90 Å². The van der Waals surface area contributed by atoms with E-state index < -0.39 is 39.3 Å². The highest BCUT2D eigenvalue weighted by atomic mass is 32.2. The van der Waals surface area contributed by atoms with Crippen LogP contribution in [0, 0.1) is 23.7 Å². The van der Waals surface area contributed by atoms with Crippen LogP contribution in [0.15, 0.2) is 35.4 Å². The fourth-order valence-electron chi connectivity index (χ4n) is 6.20. The third kappa shape index (κ3) is 4.62. The van der Waals surface area contributed by atoms with Crippen molar-refractivity contribution in [3.05, 3.63) is 41.6 Å². The molecule has 1 aromatic heterocycles. The number of amides is 2. The molecule has 2 aromatic rings. The van der Waals surface area contributed by atoms with Crippen LogP contribution in [-0.4, -0.2) is 80.2 Å². The van der Waals surface area contributed by atoms with Crippen molar-refractivity contribution in [2.75, 3.05) is 49.9 Å². The number of nitrogens with one attached hydrogen (secondary N) is 3. The Morgan fingerprint density at radius 3 is 2.08 bits per heavy atom. The van der Waals surface area contributed by atoms with Crippen molar-refractivity contribution in [3.63, 3.8) is 0 Å². The molecule has 1 aromatic carbocycles. The standard InChI is InChI=1S/C24H25F3N6O5S/c1-39(36,37)20-5-13(6-28-21(20)38-11-24(25,26)27)23(35)33-9-16-14-7-32(8-15(14)17(16)10-33)22(34)12-2-3-18-19(4-12)30-31-29-18/h2-6,14-17,29-31H,7-11H2,1H3/t14-,15+,16+,17-. The zero-order chi connectivity index (χ0) is 27.7. The maximum Gasteiger partial charge on any atom is 0.422 e. The van der Waals surface area contributed by atoms with E-state index in [-0.39, 0.29) is 35.1 Å². The molecule has 15 heteroatoms. The second-order valence-electron chi connectivity index (χ2n) is 10.4. The van der Waals surface area contributed by atoms with Gasteiger partial charge in [0.05, 0.1) is 16.9 Å². The minimum atomic E-state index is -4.68. The van der Waals surface area contributed by atoms with Crippen LogP contribution < -0.4 is 21.1 Å². The highest BCUT2D eigenvalue weighted by Crippen LogP contribution is 2.54. The first-order valence-electron chi connectivity index (χ1n) is 12.3. The molecular formula is C24H25F3N6O5S. The lowest BCUT2D eigenvalue weighted by molar-refractivity contribution is -0.154. The maximum absolute atomic E-state index is 13.2. The minimum absolute atomic E-state index is 0.0350. The average molecular weight is 567 g/mol. The second kappa shape index (κ2) is 8.98. The van der Waals surface area contributed by atoms with Crippen LogP contribution in [0.5, 0.6) is 5.88 Å². The van der Waals surface area contributed by atoms with E-state index in [1.165, 1.54) is 0 Å². The highest BCUT2D eigenvalue weighted by Gasteiger charge is 2.59. The van der Waals surface area contributed by atoms with Gasteiger partial charge in [0.25, 0.3) is 11.8 Å². The van der Waals surface area contributed by atoms with Crippen molar-refractivity contribution in [2.24, 2.45) is 23.7 Å². The number of carbonyl (C=O) groups is 2. The van der Waals surface area contributed by atoms with Crippen molar-refractivity contribution in [3.8, 4) is 5.88 Å². The van der Waals surface area contributed by atoms with Gasteiger partial charge in [-0.05, 0) is 47.9 Å². The van der Waals surface area contributed by atoms with Crippen LogP contribution in [0.1, 0.15) is 20.7 Å². The van der Waals surface area contributed by atoms with Gasteiger partial charge in [0.15, 0.2) is 16.4 Å². The summed E-state index contributed by atoms with van der Waals surface area (Å²) in [6.07, 6.45) is -2.82. The van der Waals surface area contributed by atoms with E-state index in [1.54, 1.807) is 17.0 Å². The van der Waals surface area contributed by atoms with Gasteiger partial charge in [0, 0.05) is 44.2 Å². The Bertz CT molecular complexity index is 1450. The largest absolute Gasteiger partial charge is 0.467 e. The van der Waals surface area contributed by atoms with Crippen molar-refractivity contribution >= 4 is 33.0 Å². The number of hydrogen-bond acceptors (Lipinski definition) is 9. The summed E-state index contributed by atoms with van der Waals surface area (Å²) in [5.41, 5.74) is 10.9. The van der Waals surface area contributed by atoms with E-state index in [9.17, 15) is 31.2 Å². The van der Waals surface area contributed by atoms with E-state index in [4.69, 9.17) is 0 Å². The number of hydrogen-bond donors (Lipinski definition) is 3. The molecule has 4 atom stereocenters. The van der Waals surface area contributed by atoms with Crippen LogP contribution in [0.3, 0.4) is 0 Å². The number of pyridine rings is 1. The predicted molar refractivity (Wildman–Crippen MR) is 131 cm³/mol. The van der Waals surface area contributed by atoms with E-state index in [1.807, 2.05) is 11.0 Å². The van der Waals surface area contributed by atoms with Gasteiger partial charge in [-0.3, -0.25) is 9.59 Å². The zero-order valence-electron chi connectivity index (χ0n) is 20.7. The zero-order valence-corrected chi connectivity index (χ0v) is 21.5. The first-order chi connectivity index (χ1) is 18.4. The van der Waals surface area contributed by atoms with Crippen LogP contribution >= 0.6 is 0 Å². The summed E-state index contributed by atoms with van der Waals surface area (Å²) in [5, 5.41) is 0. The number of nitrogens with zero attached hydrogens (tertiary/aromatic N) is 3. The Hall–Kier alpha value is -3.59. The van der Waals surface area contributed by atoms with Gasteiger partial charge in [-0.1, -0.05) is 0 Å². The van der Waals surface area contributed by atoms with Gasteiger partial charge >= 0.3 is 6.18 Å². The van der Waals surface area contributed by atoms with Gasteiger partial charge in [-0.2, -0.15) is 13.2 Å². The van der Waals surface area contributed by atoms with Crippen LogP contribution in [0.4, 0.5) is 24.5 Å². The molecule has 2 amide bonds. The Morgan fingerprint density at radius 1 is 0.949 bits per heavy atom. The summed E-state index contributed by atoms with van der Waals surface area (Å²) in [5.74, 6) is -0.237. The molecule has 208 valence electrons. The van der Waals surface area contributed by atoms with E-state index in [0.717, 1.165) is 29.9 Å². The highest BCUT2D eigenvalue weighted by molar-refractivity contribution is 7.90. The molecule has 4 heterocycles. The summed E-state index contributed by atoms with van der Waals surface area (Å²) in [4.78, 5) is 33.0. The molecule has 0 unspecified atom stereocenters. The number of halogens is 3. The molecular weight excluding hydrogens is 541 g/mol. The molecule has 3 fully saturated rings. The maximum atomic E-state index is 13.2. The van der Waals surface area contributed by atoms with Crippen molar-refractivity contribution in [1.82, 2.24) is 20.3 Å². The van der Waals surface area contributed by atoms with E-state index >= 15 is 0 Å². The lowest BCUT2D eigenvalue weighted by atomic mass is 9.60. The molecule has 0 bridgehead atoms. The molecule has 0 radical (unpaired) electrons. The number of carbonyl (C=O) groups excluding carboxylic acids is 2. The molecule has 6 rings (SSSR count). The molecule has 1 aliphatic carbocycles. The average Bonchev–Trinajstić information content (AvgIpc) is 3.59. The lowest BCUT2D eigenvalue weighted by Gasteiger charge is -2.42. The number of anilines is 2. The van der Waals surface area contributed by atoms with Crippen LogP contribution in [0.2, 0.25) is 0 Å². The summed E-state index contributed by atoms with van der Waals surface area (Å²) in [6.45, 7) is 0.392. The van der Waals surface area contributed by atoms with Gasteiger partial charge in [-0.25, -0.2) is 13.4 Å². The summed E-state index contributed by atoms with van der Waals surface area (Å²) < 4.78 is 66.7. The molecule has 11 nitrogen and oxygen atoms in total. The minimum Gasteiger partial charge on any atom is -0.467 e. The molecule has 3 N–H and O–H groups in total. The number of alkyl halides is 3. The number of sulfone groups is 1. The lowest BCUT2D eigenvalue weighted by Crippen LogP contribution is -2.44. The number of likely N-dealkylation sites (tertiary alicyclic amines) is 2. The van der Waals surface area contributed by atoms with Crippen LogP contribution in [0.25, 0.3) is 0 Å². The first-order valence-corrected chi connectivity index (χ1v) is 14.2. The fraction of sp³-hybridized carbons (Fsp3) is 0.458. The van der Waals surface area contributed by atoms with E-state index in [0.29, 0.717) is 31.7 Å². The smallest absolute Gasteiger partial charge is 0.422 e. The Morgan fingerprint density at radius 2 is 1.51 bits per heavy atom. The number of ether oxygens (including phenoxy) is 1. The number of hydrazine groups is 2. The van der Waals surface area contributed by atoms with Crippen molar-refractivity contribution < 1.29 is 35.9 Å². The predicted octanol–water partition coefficient (Wildman–Crippen LogP) is 1.77. The summed E-state index contributed by atoms with van der Waals surface area (Å²) in [6, 6.07) is 6.43. The van der Waals surface area contributed by atoms with Crippen molar-refractivity contribution in [2.45, 2.75) is 11.1 Å². The van der Waals surface area contributed by atoms with Gasteiger partial charge < -0.3 is 25.4 Å². The molecule has 2 saturated heterocycles. The second-order valence-corrected chi connectivity index (χ2v) is 12.4. The number of aromatic nitrogens is 1. The summed E-state index contributed by atoms with van der Waals surface area (Å²) >= 11 is 0.